The highest BCUT2D eigenvalue weighted by atomic mass is 16.2. The van der Waals surface area contributed by atoms with Crippen LogP contribution in [0.25, 0.3) is 0 Å². The first-order valence-electron chi connectivity index (χ1n) is 10.1. The number of nitrogens with zero attached hydrogens (tertiary/aromatic N) is 2. The standard InChI is InChI=1S/C21H30N4O3/c1-4-15-12-16(5-2)14-17(13-15)24-8-10-25(11-9-24)18(26)6-7-21(3)19(27)22-20(28)23-21/h12-14H,4-11H2,1-3H3,(H2,22,23,27,28)/t21-/m1/s1. The number of hydrogen-bond acceptors (Lipinski definition) is 4. The molecule has 7 heteroatoms. The summed E-state index contributed by atoms with van der Waals surface area (Å²) >= 11 is 0. The van der Waals surface area contributed by atoms with Gasteiger partial charge in [0.1, 0.15) is 5.54 Å². The van der Waals surface area contributed by atoms with Crippen LogP contribution in [0.5, 0.6) is 0 Å². The van der Waals surface area contributed by atoms with Gasteiger partial charge in [0, 0.05) is 38.3 Å². The molecule has 2 N–H and O–H groups in total. The molecule has 0 radical (unpaired) electrons. The van der Waals surface area contributed by atoms with Gasteiger partial charge in [0.25, 0.3) is 5.91 Å². The summed E-state index contributed by atoms with van der Waals surface area (Å²) < 4.78 is 0. The molecule has 2 fully saturated rings. The lowest BCUT2D eigenvalue weighted by Gasteiger charge is -2.37. The Morgan fingerprint density at radius 3 is 2.14 bits per heavy atom. The zero-order valence-electron chi connectivity index (χ0n) is 17.0. The van der Waals surface area contributed by atoms with Gasteiger partial charge in [-0.2, -0.15) is 0 Å². The number of piperazine rings is 1. The van der Waals surface area contributed by atoms with Crippen molar-refractivity contribution in [2.24, 2.45) is 0 Å². The molecule has 0 spiro atoms. The van der Waals surface area contributed by atoms with Gasteiger partial charge >= 0.3 is 6.03 Å². The zero-order chi connectivity index (χ0) is 20.3. The van der Waals surface area contributed by atoms with Gasteiger partial charge in [-0.05, 0) is 49.4 Å². The molecule has 1 atom stereocenters. The van der Waals surface area contributed by atoms with Gasteiger partial charge in [-0.15, -0.1) is 0 Å². The SMILES string of the molecule is CCc1cc(CC)cc(N2CCN(C(=O)CC[C@@]3(C)NC(=O)NC3=O)CC2)c1. The van der Waals surface area contributed by atoms with Gasteiger partial charge in [-0.3, -0.25) is 14.9 Å². The predicted octanol–water partition coefficient (Wildman–Crippen LogP) is 1.84. The smallest absolute Gasteiger partial charge is 0.322 e. The number of hydrogen-bond donors (Lipinski definition) is 2. The first-order valence-corrected chi connectivity index (χ1v) is 10.1. The highest BCUT2D eigenvalue weighted by molar-refractivity contribution is 6.06. The van der Waals surface area contributed by atoms with Gasteiger partial charge in [0.05, 0.1) is 0 Å². The van der Waals surface area contributed by atoms with Gasteiger partial charge in [-0.25, -0.2) is 4.79 Å². The Bertz CT molecular complexity index is 749. The zero-order valence-corrected chi connectivity index (χ0v) is 17.0. The Morgan fingerprint density at radius 2 is 1.64 bits per heavy atom. The first-order chi connectivity index (χ1) is 13.3. The number of aryl methyl sites for hydroxylation is 2. The summed E-state index contributed by atoms with van der Waals surface area (Å²) in [5.74, 6) is -0.330. The molecular formula is C21H30N4O3. The Kier molecular flexibility index (Phi) is 5.91. The van der Waals surface area contributed by atoms with Crippen molar-refractivity contribution in [3.63, 3.8) is 0 Å². The fourth-order valence-corrected chi connectivity index (χ4v) is 3.82. The third-order valence-electron chi connectivity index (χ3n) is 5.81. The van der Waals surface area contributed by atoms with Crippen LogP contribution >= 0.6 is 0 Å². The number of nitrogens with one attached hydrogen (secondary N) is 2. The van der Waals surface area contributed by atoms with Crippen molar-refractivity contribution < 1.29 is 14.4 Å². The summed E-state index contributed by atoms with van der Waals surface area (Å²) in [5.41, 5.74) is 2.93. The largest absolute Gasteiger partial charge is 0.368 e. The number of carbonyl (C=O) groups is 3. The monoisotopic (exact) mass is 386 g/mol. The minimum Gasteiger partial charge on any atom is -0.368 e. The summed E-state index contributed by atoms with van der Waals surface area (Å²) in [5, 5.41) is 4.84. The molecule has 2 heterocycles. The minimum atomic E-state index is -0.994. The van der Waals surface area contributed by atoms with E-state index in [2.05, 4.69) is 47.6 Å². The summed E-state index contributed by atoms with van der Waals surface area (Å²) in [6.07, 6.45) is 2.59. The van der Waals surface area contributed by atoms with Crippen LogP contribution in [0, 0.1) is 0 Å². The number of benzene rings is 1. The molecular weight excluding hydrogens is 356 g/mol. The fraction of sp³-hybridized carbons (Fsp3) is 0.571. The van der Waals surface area contributed by atoms with Crippen molar-refractivity contribution >= 4 is 23.5 Å². The maximum atomic E-state index is 12.6. The molecule has 3 rings (SSSR count). The lowest BCUT2D eigenvalue weighted by atomic mass is 9.96. The molecule has 0 unspecified atom stereocenters. The van der Waals surface area contributed by atoms with E-state index in [1.54, 1.807) is 6.92 Å². The first kappa shape index (κ1) is 20.2. The maximum absolute atomic E-state index is 12.6. The molecule has 0 aromatic heterocycles. The molecule has 2 aliphatic heterocycles. The van der Waals surface area contributed by atoms with Crippen LogP contribution in [-0.4, -0.2) is 54.5 Å². The Hall–Kier alpha value is -2.57. The van der Waals surface area contributed by atoms with Crippen molar-refractivity contribution in [1.29, 1.82) is 0 Å². The number of anilines is 1. The van der Waals surface area contributed by atoms with Gasteiger partial charge in [0.15, 0.2) is 0 Å². The second-order valence-corrected chi connectivity index (χ2v) is 7.82. The van der Waals surface area contributed by atoms with Crippen molar-refractivity contribution in [2.45, 2.75) is 52.0 Å². The third kappa shape index (κ3) is 4.29. The molecule has 4 amide bonds. The molecule has 0 bridgehead atoms. The number of carbonyl (C=O) groups excluding carboxylic acids is 3. The molecule has 0 saturated carbocycles. The predicted molar refractivity (Wildman–Crippen MR) is 108 cm³/mol. The van der Waals surface area contributed by atoms with Crippen LogP contribution in [0.4, 0.5) is 10.5 Å². The second-order valence-electron chi connectivity index (χ2n) is 7.82. The average Bonchev–Trinajstić information content (AvgIpc) is 2.97. The van der Waals surface area contributed by atoms with E-state index in [0.717, 1.165) is 25.9 Å². The summed E-state index contributed by atoms with van der Waals surface area (Å²) in [7, 11) is 0. The van der Waals surface area contributed by atoms with Crippen molar-refractivity contribution in [3.05, 3.63) is 29.3 Å². The molecule has 152 valence electrons. The normalized spacial score (nSPS) is 22.2. The molecule has 1 aromatic rings. The van der Waals surface area contributed by atoms with E-state index >= 15 is 0 Å². The van der Waals surface area contributed by atoms with Crippen LogP contribution in [-0.2, 0) is 22.4 Å². The molecule has 2 aliphatic rings. The average molecular weight is 386 g/mol. The van der Waals surface area contributed by atoms with E-state index in [1.807, 2.05) is 4.90 Å². The Labute approximate surface area is 166 Å². The summed E-state index contributed by atoms with van der Waals surface area (Å²) in [6.45, 7) is 8.95. The lowest BCUT2D eigenvalue weighted by molar-refractivity contribution is -0.132. The van der Waals surface area contributed by atoms with Crippen LogP contribution < -0.4 is 15.5 Å². The van der Waals surface area contributed by atoms with Gasteiger partial charge in [0.2, 0.25) is 5.91 Å². The second kappa shape index (κ2) is 8.20. The molecule has 7 nitrogen and oxygen atoms in total. The number of imide groups is 1. The van der Waals surface area contributed by atoms with Crippen LogP contribution in [0.3, 0.4) is 0 Å². The van der Waals surface area contributed by atoms with Crippen molar-refractivity contribution in [1.82, 2.24) is 15.5 Å². The Balaban J connectivity index is 1.54. The van der Waals surface area contributed by atoms with E-state index in [1.165, 1.54) is 16.8 Å². The number of amides is 4. The molecule has 2 saturated heterocycles. The molecule has 0 aliphatic carbocycles. The summed E-state index contributed by atoms with van der Waals surface area (Å²) in [4.78, 5) is 40.0. The topological polar surface area (TPSA) is 81.8 Å². The third-order valence-corrected chi connectivity index (χ3v) is 5.81. The number of urea groups is 1. The maximum Gasteiger partial charge on any atom is 0.322 e. The quantitative estimate of drug-likeness (QED) is 0.731. The lowest BCUT2D eigenvalue weighted by Crippen LogP contribution is -2.50. The summed E-state index contributed by atoms with van der Waals surface area (Å²) in [6, 6.07) is 6.27. The fourth-order valence-electron chi connectivity index (χ4n) is 3.82. The van der Waals surface area contributed by atoms with E-state index in [-0.39, 0.29) is 18.2 Å². The highest BCUT2D eigenvalue weighted by Gasteiger charge is 2.42. The number of rotatable bonds is 6. The van der Waals surface area contributed by atoms with Crippen molar-refractivity contribution in [2.75, 3.05) is 31.1 Å². The van der Waals surface area contributed by atoms with Gasteiger partial charge in [-0.1, -0.05) is 19.9 Å². The molecule has 1 aromatic carbocycles. The van der Waals surface area contributed by atoms with E-state index in [4.69, 9.17) is 0 Å². The van der Waals surface area contributed by atoms with E-state index < -0.39 is 11.6 Å². The Morgan fingerprint density at radius 1 is 1.04 bits per heavy atom. The van der Waals surface area contributed by atoms with Crippen LogP contribution in [0.15, 0.2) is 18.2 Å². The van der Waals surface area contributed by atoms with Crippen molar-refractivity contribution in [3.8, 4) is 0 Å². The van der Waals surface area contributed by atoms with Crippen LogP contribution in [0.1, 0.15) is 44.7 Å². The van der Waals surface area contributed by atoms with Crippen LogP contribution in [0.2, 0.25) is 0 Å². The minimum absolute atomic E-state index is 0.0337. The van der Waals surface area contributed by atoms with Gasteiger partial charge < -0.3 is 15.1 Å². The van der Waals surface area contributed by atoms with E-state index in [0.29, 0.717) is 19.5 Å². The highest BCUT2D eigenvalue weighted by Crippen LogP contribution is 2.23. The molecule has 28 heavy (non-hydrogen) atoms. The van der Waals surface area contributed by atoms with E-state index in [9.17, 15) is 14.4 Å².